The highest BCUT2D eigenvalue weighted by Crippen LogP contribution is 2.35. The summed E-state index contributed by atoms with van der Waals surface area (Å²) in [5.74, 6) is -1.01. The first-order valence-corrected chi connectivity index (χ1v) is 9.97. The standard InChI is InChI=1S/C21H31NO8/c1-20(2)27-12-15(17(29-20)18-16(10-23)28-21(3,4)30-18)22-19(24)26-11-13-6-8-14(25-5)9-7-13/h6-9,15-18,23H,10-12H2,1-5H3,(H,22,24)/t15-,16+,17+,18-/m1/s1. The second-order valence-corrected chi connectivity index (χ2v) is 8.29. The predicted octanol–water partition coefficient (Wildman–Crippen LogP) is 1.95. The van der Waals surface area contributed by atoms with Crippen LogP contribution in [0.1, 0.15) is 33.3 Å². The molecule has 168 valence electrons. The summed E-state index contributed by atoms with van der Waals surface area (Å²) in [6, 6.07) is 6.69. The van der Waals surface area contributed by atoms with E-state index in [1.54, 1.807) is 46.9 Å². The van der Waals surface area contributed by atoms with Crippen molar-refractivity contribution >= 4 is 6.09 Å². The molecular weight excluding hydrogens is 394 g/mol. The van der Waals surface area contributed by atoms with Gasteiger partial charge in [-0.3, -0.25) is 0 Å². The molecule has 0 bridgehead atoms. The lowest BCUT2D eigenvalue weighted by atomic mass is 9.99. The molecule has 0 unspecified atom stereocenters. The third kappa shape index (κ3) is 5.61. The van der Waals surface area contributed by atoms with Gasteiger partial charge in [0, 0.05) is 0 Å². The molecule has 2 aliphatic rings. The highest BCUT2D eigenvalue weighted by molar-refractivity contribution is 5.67. The summed E-state index contributed by atoms with van der Waals surface area (Å²) in [7, 11) is 1.59. The SMILES string of the molecule is COc1ccc(COC(=O)N[C@@H]2COC(C)(C)O[C@@H]2[C@@H]2OC(C)(C)O[C@H]2CO)cc1. The van der Waals surface area contributed by atoms with Crippen molar-refractivity contribution < 1.29 is 38.3 Å². The van der Waals surface area contributed by atoms with Crippen LogP contribution in [0.5, 0.6) is 5.75 Å². The molecule has 1 aromatic rings. The van der Waals surface area contributed by atoms with Crippen molar-refractivity contribution in [2.75, 3.05) is 20.3 Å². The molecule has 9 heteroatoms. The molecule has 4 atom stereocenters. The molecule has 2 fully saturated rings. The Hall–Kier alpha value is -1.91. The topological polar surface area (TPSA) is 105 Å². The van der Waals surface area contributed by atoms with Gasteiger partial charge in [-0.05, 0) is 45.4 Å². The van der Waals surface area contributed by atoms with Gasteiger partial charge >= 0.3 is 6.09 Å². The van der Waals surface area contributed by atoms with Gasteiger partial charge < -0.3 is 38.8 Å². The van der Waals surface area contributed by atoms with Crippen molar-refractivity contribution in [3.05, 3.63) is 29.8 Å². The van der Waals surface area contributed by atoms with E-state index in [1.165, 1.54) is 0 Å². The number of hydrogen-bond acceptors (Lipinski definition) is 8. The lowest BCUT2D eigenvalue weighted by Gasteiger charge is -2.43. The number of aliphatic hydroxyl groups excluding tert-OH is 1. The van der Waals surface area contributed by atoms with Crippen LogP contribution >= 0.6 is 0 Å². The summed E-state index contributed by atoms with van der Waals surface area (Å²) in [5.41, 5.74) is 0.828. The molecule has 2 N–H and O–H groups in total. The van der Waals surface area contributed by atoms with Gasteiger partial charge in [-0.15, -0.1) is 0 Å². The van der Waals surface area contributed by atoms with Crippen molar-refractivity contribution in [2.45, 2.75) is 70.2 Å². The lowest BCUT2D eigenvalue weighted by molar-refractivity contribution is -0.301. The van der Waals surface area contributed by atoms with E-state index < -0.39 is 42.0 Å². The Morgan fingerprint density at radius 1 is 1.10 bits per heavy atom. The van der Waals surface area contributed by atoms with Gasteiger partial charge in [0.2, 0.25) is 0 Å². The van der Waals surface area contributed by atoms with Crippen molar-refractivity contribution in [1.29, 1.82) is 0 Å². The maximum absolute atomic E-state index is 12.4. The van der Waals surface area contributed by atoms with Crippen molar-refractivity contribution in [1.82, 2.24) is 5.32 Å². The second-order valence-electron chi connectivity index (χ2n) is 8.29. The summed E-state index contributed by atoms with van der Waals surface area (Å²) < 4.78 is 34.0. The maximum Gasteiger partial charge on any atom is 0.407 e. The third-order valence-corrected chi connectivity index (χ3v) is 4.98. The minimum Gasteiger partial charge on any atom is -0.497 e. The first-order chi connectivity index (χ1) is 14.1. The van der Waals surface area contributed by atoms with Crippen LogP contribution in [0.25, 0.3) is 0 Å². The number of nitrogens with one attached hydrogen (secondary N) is 1. The van der Waals surface area contributed by atoms with E-state index >= 15 is 0 Å². The van der Waals surface area contributed by atoms with Crippen molar-refractivity contribution in [3.63, 3.8) is 0 Å². The van der Waals surface area contributed by atoms with E-state index in [0.29, 0.717) is 0 Å². The van der Waals surface area contributed by atoms with E-state index in [1.807, 2.05) is 12.1 Å². The van der Waals surface area contributed by atoms with Gasteiger partial charge in [-0.2, -0.15) is 0 Å². The van der Waals surface area contributed by atoms with Gasteiger partial charge in [0.05, 0.1) is 26.4 Å². The van der Waals surface area contributed by atoms with Crippen LogP contribution in [-0.2, 0) is 30.3 Å². The molecule has 2 aliphatic heterocycles. The first kappa shape index (κ1) is 22.8. The Balaban J connectivity index is 1.63. The molecule has 3 rings (SSSR count). The fourth-order valence-corrected chi connectivity index (χ4v) is 3.60. The smallest absolute Gasteiger partial charge is 0.407 e. The number of methoxy groups -OCH3 is 1. The number of amides is 1. The average molecular weight is 425 g/mol. The highest BCUT2D eigenvalue weighted by atomic mass is 16.8. The fourth-order valence-electron chi connectivity index (χ4n) is 3.60. The van der Waals surface area contributed by atoms with Crippen molar-refractivity contribution in [2.24, 2.45) is 0 Å². The number of carbonyl (C=O) groups is 1. The molecule has 2 heterocycles. The van der Waals surface area contributed by atoms with E-state index in [0.717, 1.165) is 11.3 Å². The fraction of sp³-hybridized carbons (Fsp3) is 0.667. The Morgan fingerprint density at radius 3 is 2.40 bits per heavy atom. The largest absolute Gasteiger partial charge is 0.497 e. The van der Waals surface area contributed by atoms with Gasteiger partial charge in [-0.25, -0.2) is 4.79 Å². The van der Waals surface area contributed by atoms with Crippen LogP contribution in [0.2, 0.25) is 0 Å². The number of benzene rings is 1. The third-order valence-electron chi connectivity index (χ3n) is 4.98. The van der Waals surface area contributed by atoms with Crippen molar-refractivity contribution in [3.8, 4) is 5.75 Å². The molecule has 2 saturated heterocycles. The van der Waals surface area contributed by atoms with Gasteiger partial charge in [0.25, 0.3) is 0 Å². The van der Waals surface area contributed by atoms with Gasteiger partial charge in [0.15, 0.2) is 11.6 Å². The summed E-state index contributed by atoms with van der Waals surface area (Å²) in [6.07, 6.45) is -2.37. The molecular formula is C21H31NO8. The zero-order valence-electron chi connectivity index (χ0n) is 18.0. The number of aliphatic hydroxyl groups is 1. The molecule has 0 saturated carbocycles. The summed E-state index contributed by atoms with van der Waals surface area (Å²) >= 11 is 0. The molecule has 0 aromatic heterocycles. The van der Waals surface area contributed by atoms with Crippen LogP contribution in [-0.4, -0.2) is 67.5 Å². The molecule has 0 radical (unpaired) electrons. The monoisotopic (exact) mass is 425 g/mol. The number of rotatable bonds is 6. The van der Waals surface area contributed by atoms with Gasteiger partial charge in [0.1, 0.15) is 30.7 Å². The van der Waals surface area contributed by atoms with E-state index in [-0.39, 0.29) is 19.8 Å². The second kappa shape index (κ2) is 9.07. The number of ether oxygens (including phenoxy) is 6. The Labute approximate surface area is 176 Å². The zero-order valence-corrected chi connectivity index (χ0v) is 18.0. The van der Waals surface area contributed by atoms with Gasteiger partial charge in [-0.1, -0.05) is 12.1 Å². The zero-order chi connectivity index (χ0) is 21.9. The normalized spacial score (nSPS) is 29.9. The molecule has 30 heavy (non-hydrogen) atoms. The Morgan fingerprint density at radius 2 is 1.77 bits per heavy atom. The van der Waals surface area contributed by atoms with Crippen LogP contribution in [0.4, 0.5) is 4.79 Å². The molecule has 1 aromatic carbocycles. The van der Waals surface area contributed by atoms with E-state index in [2.05, 4.69) is 5.32 Å². The number of alkyl carbamates (subject to hydrolysis) is 1. The summed E-state index contributed by atoms with van der Waals surface area (Å²) in [5, 5.41) is 12.5. The van der Waals surface area contributed by atoms with E-state index in [9.17, 15) is 9.90 Å². The highest BCUT2D eigenvalue weighted by Gasteiger charge is 2.51. The minimum atomic E-state index is -0.872. The van der Waals surface area contributed by atoms with Crippen LogP contribution in [0.3, 0.4) is 0 Å². The average Bonchev–Trinajstić information content (AvgIpc) is 3.02. The first-order valence-electron chi connectivity index (χ1n) is 9.97. The van der Waals surface area contributed by atoms with Crippen LogP contribution in [0.15, 0.2) is 24.3 Å². The molecule has 9 nitrogen and oxygen atoms in total. The predicted molar refractivity (Wildman–Crippen MR) is 106 cm³/mol. The maximum atomic E-state index is 12.4. The molecule has 0 spiro atoms. The lowest BCUT2D eigenvalue weighted by Crippen LogP contribution is -2.61. The number of carbonyl (C=O) groups excluding carboxylic acids is 1. The van der Waals surface area contributed by atoms with Crippen LogP contribution in [0, 0.1) is 0 Å². The summed E-state index contributed by atoms with van der Waals surface area (Å²) in [6.45, 7) is 7.19. The Kier molecular flexibility index (Phi) is 6.88. The van der Waals surface area contributed by atoms with E-state index in [4.69, 9.17) is 28.4 Å². The molecule has 1 amide bonds. The van der Waals surface area contributed by atoms with Crippen LogP contribution < -0.4 is 10.1 Å². The molecule has 0 aliphatic carbocycles. The quantitative estimate of drug-likeness (QED) is 0.713. The Bertz CT molecular complexity index is 720. The number of hydrogen-bond donors (Lipinski definition) is 2. The summed E-state index contributed by atoms with van der Waals surface area (Å²) in [4.78, 5) is 12.4. The minimum absolute atomic E-state index is 0.107.